The molecule has 0 aliphatic heterocycles. The molecular weight excluding hydrogens is 280 g/mol. The van der Waals surface area contributed by atoms with Gasteiger partial charge in [-0.3, -0.25) is 9.59 Å². The molecule has 0 rings (SSSR count). The molecule has 0 saturated heterocycles. The van der Waals surface area contributed by atoms with Crippen molar-refractivity contribution in [1.29, 1.82) is 0 Å². The predicted molar refractivity (Wildman–Crippen MR) is 88.5 cm³/mol. The van der Waals surface area contributed by atoms with Crippen LogP contribution in [0, 0.1) is 11.3 Å². The smallest absolute Gasteiger partial charge is 0.306 e. The third-order valence-corrected chi connectivity index (χ3v) is 3.86. The fraction of sp³-hybridized carbons (Fsp3) is 0.889. The summed E-state index contributed by atoms with van der Waals surface area (Å²) in [6, 6.07) is 0. The number of unbranched alkanes of at least 4 members (excludes halogenated alkanes) is 2. The Morgan fingerprint density at radius 3 is 1.86 bits per heavy atom. The molecule has 0 aromatic heterocycles. The second-order valence-corrected chi connectivity index (χ2v) is 6.95. The van der Waals surface area contributed by atoms with Gasteiger partial charge in [-0.2, -0.15) is 0 Å². The van der Waals surface area contributed by atoms with Gasteiger partial charge in [-0.05, 0) is 30.6 Å². The summed E-state index contributed by atoms with van der Waals surface area (Å²) in [6.45, 7) is 11.4. The first kappa shape index (κ1) is 20.9. The highest BCUT2D eigenvalue weighted by Gasteiger charge is 2.28. The van der Waals surface area contributed by atoms with E-state index in [1.165, 1.54) is 0 Å². The molecule has 0 aromatic carbocycles. The Morgan fingerprint density at radius 1 is 0.909 bits per heavy atom. The van der Waals surface area contributed by atoms with Gasteiger partial charge in [0.05, 0.1) is 13.2 Å². The topological polar surface area (TPSA) is 52.6 Å². The summed E-state index contributed by atoms with van der Waals surface area (Å²) in [6.07, 6.45) is 5.23. The lowest BCUT2D eigenvalue weighted by atomic mass is 9.76. The Morgan fingerprint density at radius 2 is 1.41 bits per heavy atom. The van der Waals surface area contributed by atoms with Crippen molar-refractivity contribution in [1.82, 2.24) is 0 Å². The van der Waals surface area contributed by atoms with Crippen molar-refractivity contribution >= 4 is 11.9 Å². The van der Waals surface area contributed by atoms with Gasteiger partial charge >= 0.3 is 11.9 Å². The minimum atomic E-state index is -0.165. The highest BCUT2D eigenvalue weighted by atomic mass is 16.5. The van der Waals surface area contributed by atoms with Gasteiger partial charge in [-0.15, -0.1) is 0 Å². The summed E-state index contributed by atoms with van der Waals surface area (Å²) < 4.78 is 10.4. The van der Waals surface area contributed by atoms with Crippen LogP contribution in [0.4, 0.5) is 0 Å². The van der Waals surface area contributed by atoms with Crippen LogP contribution >= 0.6 is 0 Å². The second kappa shape index (κ2) is 11.5. The molecular formula is C18H34O4. The van der Waals surface area contributed by atoms with Gasteiger partial charge in [0.2, 0.25) is 0 Å². The van der Waals surface area contributed by atoms with Crippen LogP contribution in [0.3, 0.4) is 0 Å². The molecule has 1 atom stereocenters. The molecule has 4 nitrogen and oxygen atoms in total. The van der Waals surface area contributed by atoms with Crippen molar-refractivity contribution in [2.45, 2.75) is 79.6 Å². The number of esters is 2. The zero-order valence-corrected chi connectivity index (χ0v) is 15.1. The Balaban J connectivity index is 4.24. The molecule has 0 spiro atoms. The van der Waals surface area contributed by atoms with E-state index in [1.807, 2.05) is 0 Å². The minimum absolute atomic E-state index is 0.0343. The minimum Gasteiger partial charge on any atom is -0.466 e. The van der Waals surface area contributed by atoms with E-state index in [1.54, 1.807) is 0 Å². The normalized spacial score (nSPS) is 12.8. The maximum Gasteiger partial charge on any atom is 0.306 e. The maximum atomic E-state index is 11.9. The van der Waals surface area contributed by atoms with Crippen molar-refractivity contribution in [2.24, 2.45) is 11.3 Å². The van der Waals surface area contributed by atoms with Gasteiger partial charge in [0.25, 0.3) is 0 Å². The van der Waals surface area contributed by atoms with E-state index in [0.29, 0.717) is 32.5 Å². The molecule has 4 heteroatoms. The quantitative estimate of drug-likeness (QED) is 0.416. The molecule has 0 aromatic rings. The maximum absolute atomic E-state index is 11.9. The van der Waals surface area contributed by atoms with Crippen LogP contribution in [-0.4, -0.2) is 25.2 Å². The average molecular weight is 314 g/mol. The number of carbonyl (C=O) groups is 2. The van der Waals surface area contributed by atoms with Crippen LogP contribution < -0.4 is 0 Å². The number of rotatable bonds is 11. The van der Waals surface area contributed by atoms with E-state index in [-0.39, 0.29) is 23.3 Å². The third kappa shape index (κ3) is 10.6. The van der Waals surface area contributed by atoms with E-state index < -0.39 is 0 Å². The fourth-order valence-corrected chi connectivity index (χ4v) is 2.13. The van der Waals surface area contributed by atoms with Crippen molar-refractivity contribution in [3.05, 3.63) is 0 Å². The summed E-state index contributed by atoms with van der Waals surface area (Å²) in [5, 5.41) is 0. The van der Waals surface area contributed by atoms with E-state index >= 15 is 0 Å². The van der Waals surface area contributed by atoms with E-state index in [9.17, 15) is 9.59 Å². The van der Waals surface area contributed by atoms with Crippen LogP contribution in [0.5, 0.6) is 0 Å². The summed E-state index contributed by atoms with van der Waals surface area (Å²) in [5.41, 5.74) is -0.0343. The number of ether oxygens (including phenoxy) is 2. The van der Waals surface area contributed by atoms with Crippen molar-refractivity contribution in [2.75, 3.05) is 13.2 Å². The first-order valence-electron chi connectivity index (χ1n) is 8.62. The molecule has 0 aliphatic carbocycles. The molecule has 0 aliphatic rings. The van der Waals surface area contributed by atoms with Gasteiger partial charge in [0, 0.05) is 12.8 Å². The van der Waals surface area contributed by atoms with Gasteiger partial charge < -0.3 is 9.47 Å². The fourth-order valence-electron chi connectivity index (χ4n) is 2.13. The molecule has 0 amide bonds. The summed E-state index contributed by atoms with van der Waals surface area (Å²) in [4.78, 5) is 23.6. The first-order valence-corrected chi connectivity index (χ1v) is 8.62. The zero-order valence-electron chi connectivity index (χ0n) is 15.1. The Hall–Kier alpha value is -1.06. The highest BCUT2D eigenvalue weighted by Crippen LogP contribution is 2.33. The third-order valence-electron chi connectivity index (χ3n) is 3.86. The molecule has 0 fully saturated rings. The van der Waals surface area contributed by atoms with E-state index in [0.717, 1.165) is 25.7 Å². The molecule has 0 bridgehead atoms. The van der Waals surface area contributed by atoms with Gasteiger partial charge in [0.1, 0.15) is 0 Å². The molecule has 0 N–H and O–H groups in total. The molecule has 1 unspecified atom stereocenters. The van der Waals surface area contributed by atoms with Crippen molar-refractivity contribution in [3.63, 3.8) is 0 Å². The molecule has 0 radical (unpaired) electrons. The summed E-state index contributed by atoms with van der Waals surface area (Å²) in [7, 11) is 0. The van der Waals surface area contributed by atoms with E-state index in [2.05, 4.69) is 34.6 Å². The van der Waals surface area contributed by atoms with Crippen LogP contribution in [-0.2, 0) is 19.1 Å². The van der Waals surface area contributed by atoms with Crippen molar-refractivity contribution in [3.8, 4) is 0 Å². The molecule has 22 heavy (non-hydrogen) atoms. The monoisotopic (exact) mass is 314 g/mol. The van der Waals surface area contributed by atoms with Crippen LogP contribution in [0.2, 0.25) is 0 Å². The number of carbonyl (C=O) groups excluding carboxylic acids is 2. The Labute approximate surface area is 135 Å². The molecule has 0 saturated carbocycles. The predicted octanol–water partition coefficient (Wildman–Crippen LogP) is 4.51. The zero-order chi connectivity index (χ0) is 17.0. The van der Waals surface area contributed by atoms with Gasteiger partial charge in [0.15, 0.2) is 0 Å². The number of hydrogen-bond donors (Lipinski definition) is 0. The van der Waals surface area contributed by atoms with Gasteiger partial charge in [-0.1, -0.05) is 47.5 Å². The van der Waals surface area contributed by atoms with Crippen LogP contribution in [0.1, 0.15) is 79.6 Å². The Kier molecular flexibility index (Phi) is 10.9. The summed E-state index contributed by atoms with van der Waals surface area (Å²) in [5.74, 6) is -0.199. The molecule has 130 valence electrons. The summed E-state index contributed by atoms with van der Waals surface area (Å²) >= 11 is 0. The van der Waals surface area contributed by atoms with Crippen LogP contribution in [0.25, 0.3) is 0 Å². The van der Waals surface area contributed by atoms with Gasteiger partial charge in [-0.25, -0.2) is 0 Å². The standard InChI is InChI=1S/C18H34O4/c1-6-8-12-21-16(19)11-10-15(18(3,4)5)14-17(20)22-13-9-7-2/h15H,6-14H2,1-5H3. The number of hydrogen-bond acceptors (Lipinski definition) is 4. The SMILES string of the molecule is CCCCOC(=O)CCC(CC(=O)OCCCC)C(C)(C)C. The largest absolute Gasteiger partial charge is 0.466 e. The lowest BCUT2D eigenvalue weighted by Gasteiger charge is -2.29. The first-order chi connectivity index (χ1) is 10.3. The van der Waals surface area contributed by atoms with E-state index in [4.69, 9.17) is 9.47 Å². The average Bonchev–Trinajstić information content (AvgIpc) is 2.42. The Bertz CT molecular complexity index is 318. The highest BCUT2D eigenvalue weighted by molar-refractivity contribution is 5.71. The lowest BCUT2D eigenvalue weighted by molar-refractivity contribution is -0.148. The van der Waals surface area contributed by atoms with Crippen molar-refractivity contribution < 1.29 is 19.1 Å². The second-order valence-electron chi connectivity index (χ2n) is 6.95. The lowest BCUT2D eigenvalue weighted by Crippen LogP contribution is -2.25. The van der Waals surface area contributed by atoms with Crippen LogP contribution in [0.15, 0.2) is 0 Å². The molecule has 0 heterocycles.